The monoisotopic (exact) mass is 366 g/mol. The Kier molecular flexibility index (Phi) is 6.17. The zero-order chi connectivity index (χ0) is 19.3. The van der Waals surface area contributed by atoms with Crippen molar-refractivity contribution in [3.05, 3.63) is 71.8 Å². The van der Waals surface area contributed by atoms with Gasteiger partial charge in [0, 0.05) is 19.1 Å². The van der Waals surface area contributed by atoms with Crippen LogP contribution < -0.4 is 5.32 Å². The van der Waals surface area contributed by atoms with Crippen LogP contribution in [-0.2, 0) is 17.6 Å². The fraction of sp³-hybridized carbons (Fsp3) is 0.435. The Balaban J connectivity index is 1.72. The third-order valence-electron chi connectivity index (χ3n) is 4.77. The lowest BCUT2D eigenvalue weighted by Crippen LogP contribution is -2.60. The van der Waals surface area contributed by atoms with E-state index in [4.69, 9.17) is 4.74 Å². The van der Waals surface area contributed by atoms with E-state index >= 15 is 0 Å². The molecule has 2 atom stereocenters. The van der Waals surface area contributed by atoms with Gasteiger partial charge in [0.25, 0.3) is 0 Å². The highest BCUT2D eigenvalue weighted by Gasteiger charge is 2.34. The first-order valence-electron chi connectivity index (χ1n) is 9.71. The molecule has 0 bridgehead atoms. The van der Waals surface area contributed by atoms with Gasteiger partial charge in [-0.3, -0.25) is 0 Å². The van der Waals surface area contributed by atoms with Crippen LogP contribution in [0.4, 0.5) is 4.79 Å². The first-order valence-corrected chi connectivity index (χ1v) is 9.71. The fourth-order valence-corrected chi connectivity index (χ4v) is 3.51. The Morgan fingerprint density at radius 3 is 2.11 bits per heavy atom. The molecule has 0 spiro atoms. The van der Waals surface area contributed by atoms with Gasteiger partial charge in [0.15, 0.2) is 0 Å². The number of nitrogens with zero attached hydrogens (tertiary/aromatic N) is 1. The van der Waals surface area contributed by atoms with E-state index in [0.717, 1.165) is 19.4 Å². The quantitative estimate of drug-likeness (QED) is 0.888. The Labute approximate surface area is 162 Å². The first-order chi connectivity index (χ1) is 12.9. The van der Waals surface area contributed by atoms with Crippen molar-refractivity contribution in [1.82, 2.24) is 10.2 Å². The lowest BCUT2D eigenvalue weighted by molar-refractivity contribution is 0.00751. The van der Waals surface area contributed by atoms with Crippen LogP contribution in [0.2, 0.25) is 0 Å². The number of piperazine rings is 1. The van der Waals surface area contributed by atoms with Crippen LogP contribution in [0.3, 0.4) is 0 Å². The van der Waals surface area contributed by atoms with Crippen molar-refractivity contribution < 1.29 is 9.53 Å². The van der Waals surface area contributed by atoms with Gasteiger partial charge in [0.05, 0.1) is 6.04 Å². The highest BCUT2D eigenvalue weighted by Crippen LogP contribution is 2.19. The van der Waals surface area contributed by atoms with Gasteiger partial charge in [-0.1, -0.05) is 60.7 Å². The molecule has 1 aliphatic heterocycles. The molecule has 1 aliphatic rings. The number of carbonyl (C=O) groups is 1. The van der Waals surface area contributed by atoms with Gasteiger partial charge in [-0.25, -0.2) is 4.79 Å². The summed E-state index contributed by atoms with van der Waals surface area (Å²) in [6, 6.07) is 21.1. The summed E-state index contributed by atoms with van der Waals surface area (Å²) < 4.78 is 5.70. The number of hydrogen-bond donors (Lipinski definition) is 1. The van der Waals surface area contributed by atoms with E-state index in [1.807, 2.05) is 49.9 Å². The molecule has 4 nitrogen and oxygen atoms in total. The number of rotatable bonds is 4. The highest BCUT2D eigenvalue weighted by molar-refractivity contribution is 5.69. The summed E-state index contributed by atoms with van der Waals surface area (Å²) in [7, 11) is 0. The molecule has 2 aromatic rings. The van der Waals surface area contributed by atoms with Gasteiger partial charge < -0.3 is 15.0 Å². The van der Waals surface area contributed by atoms with Crippen molar-refractivity contribution in [2.24, 2.45) is 0 Å². The number of benzene rings is 2. The lowest BCUT2D eigenvalue weighted by atomic mass is 9.98. The largest absolute Gasteiger partial charge is 0.444 e. The highest BCUT2D eigenvalue weighted by atomic mass is 16.6. The van der Waals surface area contributed by atoms with Crippen LogP contribution in [0, 0.1) is 0 Å². The first kappa shape index (κ1) is 19.4. The standard InChI is InChI=1S/C23H30N2O2/c1-23(2,3)27-22(26)25-17-20(14-18-10-6-4-7-11-18)24-16-21(25)15-19-12-8-5-9-13-19/h4-13,20-21,24H,14-17H2,1-3H3/t20-,21-/m0/s1. The summed E-state index contributed by atoms with van der Waals surface area (Å²) >= 11 is 0. The average molecular weight is 367 g/mol. The number of hydrogen-bond acceptors (Lipinski definition) is 3. The van der Waals surface area contributed by atoms with Crippen molar-refractivity contribution in [3.63, 3.8) is 0 Å². The van der Waals surface area contributed by atoms with Crippen LogP contribution >= 0.6 is 0 Å². The molecular weight excluding hydrogens is 336 g/mol. The summed E-state index contributed by atoms with van der Waals surface area (Å²) in [5, 5.41) is 3.64. The molecule has 0 saturated carbocycles. The second kappa shape index (κ2) is 8.57. The fourth-order valence-electron chi connectivity index (χ4n) is 3.51. The minimum atomic E-state index is -0.492. The van der Waals surface area contributed by atoms with Gasteiger partial charge in [0.2, 0.25) is 0 Å². The van der Waals surface area contributed by atoms with Crippen molar-refractivity contribution in [1.29, 1.82) is 0 Å². The number of ether oxygens (including phenoxy) is 1. The van der Waals surface area contributed by atoms with E-state index < -0.39 is 5.60 Å². The van der Waals surface area contributed by atoms with Crippen LogP contribution in [0.1, 0.15) is 31.9 Å². The van der Waals surface area contributed by atoms with Crippen LogP contribution in [0.5, 0.6) is 0 Å². The summed E-state index contributed by atoms with van der Waals surface area (Å²) in [6.45, 7) is 7.18. The summed E-state index contributed by atoms with van der Waals surface area (Å²) in [6.07, 6.45) is 1.51. The van der Waals surface area contributed by atoms with Gasteiger partial charge in [-0.2, -0.15) is 0 Å². The zero-order valence-electron chi connectivity index (χ0n) is 16.5. The summed E-state index contributed by atoms with van der Waals surface area (Å²) in [4.78, 5) is 14.8. The molecule has 4 heteroatoms. The topological polar surface area (TPSA) is 41.6 Å². The van der Waals surface area contributed by atoms with E-state index in [1.54, 1.807) is 0 Å². The zero-order valence-corrected chi connectivity index (χ0v) is 16.5. The Morgan fingerprint density at radius 2 is 1.56 bits per heavy atom. The normalized spacial score (nSPS) is 20.3. The van der Waals surface area contributed by atoms with E-state index in [-0.39, 0.29) is 18.2 Å². The second-order valence-electron chi connectivity index (χ2n) is 8.27. The number of carbonyl (C=O) groups excluding carboxylic acids is 1. The van der Waals surface area contributed by atoms with Gasteiger partial charge in [-0.05, 0) is 44.7 Å². The second-order valence-corrected chi connectivity index (χ2v) is 8.27. The van der Waals surface area contributed by atoms with Crippen molar-refractivity contribution in [3.8, 4) is 0 Å². The van der Waals surface area contributed by atoms with Crippen LogP contribution in [0.25, 0.3) is 0 Å². The third-order valence-corrected chi connectivity index (χ3v) is 4.77. The minimum absolute atomic E-state index is 0.0919. The van der Waals surface area contributed by atoms with Crippen molar-refractivity contribution in [2.45, 2.75) is 51.3 Å². The minimum Gasteiger partial charge on any atom is -0.444 e. The summed E-state index contributed by atoms with van der Waals surface area (Å²) in [5.41, 5.74) is 2.02. The van der Waals surface area contributed by atoms with E-state index in [9.17, 15) is 4.79 Å². The van der Waals surface area contributed by atoms with E-state index in [2.05, 4.69) is 41.7 Å². The smallest absolute Gasteiger partial charge is 0.410 e. The number of nitrogens with one attached hydrogen (secondary N) is 1. The molecular formula is C23H30N2O2. The maximum atomic E-state index is 12.9. The molecule has 1 amide bonds. The molecule has 1 heterocycles. The van der Waals surface area contributed by atoms with E-state index in [1.165, 1.54) is 11.1 Å². The van der Waals surface area contributed by atoms with Crippen LogP contribution in [-0.4, -0.2) is 41.8 Å². The maximum Gasteiger partial charge on any atom is 0.410 e. The van der Waals surface area contributed by atoms with E-state index in [0.29, 0.717) is 6.54 Å². The molecule has 0 radical (unpaired) electrons. The van der Waals surface area contributed by atoms with Crippen molar-refractivity contribution in [2.75, 3.05) is 13.1 Å². The molecule has 0 unspecified atom stereocenters. The summed E-state index contributed by atoms with van der Waals surface area (Å²) in [5.74, 6) is 0. The predicted molar refractivity (Wildman–Crippen MR) is 109 cm³/mol. The SMILES string of the molecule is CC(C)(C)OC(=O)N1C[C@H](Cc2ccccc2)NC[C@@H]1Cc1ccccc1. The molecule has 1 fully saturated rings. The molecule has 0 aromatic heterocycles. The Hall–Kier alpha value is -2.33. The molecule has 1 N–H and O–H groups in total. The Bertz CT molecular complexity index is 725. The van der Waals surface area contributed by atoms with Gasteiger partial charge >= 0.3 is 6.09 Å². The molecule has 27 heavy (non-hydrogen) atoms. The van der Waals surface area contributed by atoms with Crippen LogP contribution in [0.15, 0.2) is 60.7 Å². The van der Waals surface area contributed by atoms with Gasteiger partial charge in [0.1, 0.15) is 5.60 Å². The molecule has 1 saturated heterocycles. The number of amides is 1. The van der Waals surface area contributed by atoms with Crippen molar-refractivity contribution >= 4 is 6.09 Å². The molecule has 0 aliphatic carbocycles. The molecule has 3 rings (SSSR count). The molecule has 144 valence electrons. The third kappa shape index (κ3) is 5.83. The Morgan fingerprint density at radius 1 is 1.00 bits per heavy atom. The molecule has 2 aromatic carbocycles. The predicted octanol–water partition coefficient (Wildman–Crippen LogP) is 4.05. The lowest BCUT2D eigenvalue weighted by Gasteiger charge is -2.41. The average Bonchev–Trinajstić information content (AvgIpc) is 2.63. The van der Waals surface area contributed by atoms with Gasteiger partial charge in [-0.15, -0.1) is 0 Å². The maximum absolute atomic E-state index is 12.9.